The lowest BCUT2D eigenvalue weighted by Crippen LogP contribution is -2.72. The minimum atomic E-state index is -5.94. The minimum Gasteiger partial charge on any atom is -0.348 e. The second kappa shape index (κ2) is 7.76. The van der Waals surface area contributed by atoms with Gasteiger partial charge in [-0.3, -0.25) is 9.59 Å². The summed E-state index contributed by atoms with van der Waals surface area (Å²) in [7, 11) is 0. The molecule has 0 fully saturated rings. The SMILES string of the molecule is CC(=O)c1ccc(NC(NC(=O)c2ccc(C)cc2)(C(F)(F)F)C(F)(F)F)cc1. The molecule has 0 spiro atoms. The van der Waals surface area contributed by atoms with Gasteiger partial charge in [0.25, 0.3) is 5.91 Å². The van der Waals surface area contributed by atoms with E-state index in [0.717, 1.165) is 41.7 Å². The van der Waals surface area contributed by atoms with E-state index in [1.807, 2.05) is 0 Å². The average molecular weight is 418 g/mol. The maximum absolute atomic E-state index is 13.7. The van der Waals surface area contributed by atoms with Gasteiger partial charge in [-0.05, 0) is 50.2 Å². The van der Waals surface area contributed by atoms with Crippen molar-refractivity contribution in [2.24, 2.45) is 0 Å². The molecule has 0 saturated carbocycles. The Morgan fingerprint density at radius 2 is 1.21 bits per heavy atom. The summed E-state index contributed by atoms with van der Waals surface area (Å²) in [5.74, 6) is -1.98. The number of hydrogen-bond donors (Lipinski definition) is 2. The Labute approximate surface area is 161 Å². The van der Waals surface area contributed by atoms with Crippen LogP contribution in [0.4, 0.5) is 32.0 Å². The van der Waals surface area contributed by atoms with E-state index in [0.29, 0.717) is 5.56 Å². The highest BCUT2D eigenvalue weighted by molar-refractivity contribution is 5.95. The molecular formula is C19H16F6N2O2. The minimum absolute atomic E-state index is 0.101. The molecule has 2 N–H and O–H groups in total. The quantitative estimate of drug-likeness (QED) is 0.414. The molecule has 0 saturated heterocycles. The van der Waals surface area contributed by atoms with Crippen LogP contribution in [-0.4, -0.2) is 29.7 Å². The number of rotatable bonds is 5. The third kappa shape index (κ3) is 4.69. The second-order valence-electron chi connectivity index (χ2n) is 6.32. The highest BCUT2D eigenvalue weighted by Gasteiger charge is 2.72. The molecule has 0 bridgehead atoms. The van der Waals surface area contributed by atoms with Crippen LogP contribution in [-0.2, 0) is 0 Å². The van der Waals surface area contributed by atoms with E-state index in [4.69, 9.17) is 0 Å². The number of carbonyl (C=O) groups is 2. The Kier molecular flexibility index (Phi) is 5.96. The lowest BCUT2D eigenvalue weighted by atomic mass is 10.1. The Morgan fingerprint density at radius 1 is 0.759 bits per heavy atom. The molecule has 10 heteroatoms. The van der Waals surface area contributed by atoms with Gasteiger partial charge in [0, 0.05) is 16.8 Å². The zero-order valence-corrected chi connectivity index (χ0v) is 15.2. The van der Waals surface area contributed by atoms with Crippen LogP contribution >= 0.6 is 0 Å². The summed E-state index contributed by atoms with van der Waals surface area (Å²) in [5, 5.41) is 2.42. The smallest absolute Gasteiger partial charge is 0.348 e. The Bertz CT molecular complexity index is 873. The van der Waals surface area contributed by atoms with E-state index >= 15 is 0 Å². The molecular weight excluding hydrogens is 402 g/mol. The van der Waals surface area contributed by atoms with Crippen molar-refractivity contribution >= 4 is 17.4 Å². The number of ketones is 1. The van der Waals surface area contributed by atoms with Gasteiger partial charge in [-0.1, -0.05) is 17.7 Å². The molecule has 0 radical (unpaired) electrons. The first-order valence-corrected chi connectivity index (χ1v) is 8.18. The number of aryl methyl sites for hydroxylation is 1. The number of benzene rings is 2. The van der Waals surface area contributed by atoms with Crippen LogP contribution in [0.1, 0.15) is 33.2 Å². The van der Waals surface area contributed by atoms with E-state index in [-0.39, 0.29) is 11.1 Å². The molecule has 0 aromatic heterocycles. The summed E-state index contributed by atoms with van der Waals surface area (Å²) in [6.07, 6.45) is -11.9. The van der Waals surface area contributed by atoms with Crippen molar-refractivity contribution in [1.82, 2.24) is 5.32 Å². The van der Waals surface area contributed by atoms with Gasteiger partial charge in [-0.25, -0.2) is 0 Å². The molecule has 0 aliphatic rings. The van der Waals surface area contributed by atoms with Crippen molar-refractivity contribution in [3.8, 4) is 0 Å². The van der Waals surface area contributed by atoms with Crippen LogP contribution in [0.3, 0.4) is 0 Å². The molecule has 0 aliphatic heterocycles. The number of anilines is 1. The number of amides is 1. The van der Waals surface area contributed by atoms with Gasteiger partial charge >= 0.3 is 18.0 Å². The normalized spacial score (nSPS) is 12.4. The van der Waals surface area contributed by atoms with E-state index in [1.54, 1.807) is 6.92 Å². The zero-order chi connectivity index (χ0) is 22.0. The lowest BCUT2D eigenvalue weighted by Gasteiger charge is -2.39. The molecule has 2 aromatic rings. The number of nitrogens with one attached hydrogen (secondary N) is 2. The van der Waals surface area contributed by atoms with Crippen LogP contribution in [0.25, 0.3) is 0 Å². The average Bonchev–Trinajstić information content (AvgIpc) is 2.60. The molecule has 156 valence electrons. The predicted octanol–water partition coefficient (Wildman–Crippen LogP) is 4.86. The first-order valence-electron chi connectivity index (χ1n) is 8.18. The van der Waals surface area contributed by atoms with Gasteiger partial charge in [-0.15, -0.1) is 0 Å². The number of halogens is 6. The predicted molar refractivity (Wildman–Crippen MR) is 93.6 cm³/mol. The molecule has 0 heterocycles. The Balaban J connectivity index is 2.48. The number of Topliss-reactive ketones (excluding diaryl/α,β-unsaturated/α-hetero) is 1. The standard InChI is InChI=1S/C19H16F6N2O2/c1-11-3-5-14(6-4-11)16(29)27-17(18(20,21)22,19(23,24)25)26-15-9-7-13(8-10-15)12(2)28/h3-10,26H,1-2H3,(H,27,29). The van der Waals surface area contributed by atoms with Crippen molar-refractivity contribution in [2.75, 3.05) is 5.32 Å². The summed E-state index contributed by atoms with van der Waals surface area (Å²) >= 11 is 0. The van der Waals surface area contributed by atoms with E-state index in [1.165, 1.54) is 24.4 Å². The van der Waals surface area contributed by atoms with Crippen molar-refractivity contribution in [2.45, 2.75) is 31.9 Å². The Morgan fingerprint density at radius 3 is 1.62 bits per heavy atom. The van der Waals surface area contributed by atoms with Crippen molar-refractivity contribution in [3.05, 3.63) is 65.2 Å². The van der Waals surface area contributed by atoms with Crippen molar-refractivity contribution < 1.29 is 35.9 Å². The summed E-state index contributed by atoms with van der Waals surface area (Å²) in [6.45, 7) is 2.84. The summed E-state index contributed by atoms with van der Waals surface area (Å²) in [4.78, 5) is 23.5. The van der Waals surface area contributed by atoms with Gasteiger partial charge in [0.2, 0.25) is 0 Å². The molecule has 2 rings (SSSR count). The summed E-state index contributed by atoms with van der Waals surface area (Å²) < 4.78 is 81.9. The fraction of sp³-hybridized carbons (Fsp3) is 0.263. The second-order valence-corrected chi connectivity index (χ2v) is 6.32. The van der Waals surface area contributed by atoms with Gasteiger partial charge in [0.05, 0.1) is 0 Å². The topological polar surface area (TPSA) is 58.2 Å². The molecule has 2 aromatic carbocycles. The van der Waals surface area contributed by atoms with Gasteiger partial charge in [0.1, 0.15) is 0 Å². The summed E-state index contributed by atoms with van der Waals surface area (Å²) in [5.41, 5.74) is -4.94. The van der Waals surface area contributed by atoms with E-state index in [2.05, 4.69) is 0 Å². The van der Waals surface area contributed by atoms with Crippen molar-refractivity contribution in [3.63, 3.8) is 0 Å². The number of alkyl halides is 6. The van der Waals surface area contributed by atoms with Gasteiger partial charge < -0.3 is 10.6 Å². The number of hydrogen-bond acceptors (Lipinski definition) is 3. The highest BCUT2D eigenvalue weighted by atomic mass is 19.4. The lowest BCUT2D eigenvalue weighted by molar-refractivity contribution is -0.294. The number of carbonyl (C=O) groups excluding carboxylic acids is 2. The molecule has 29 heavy (non-hydrogen) atoms. The monoisotopic (exact) mass is 418 g/mol. The third-order valence-electron chi connectivity index (χ3n) is 4.09. The fourth-order valence-electron chi connectivity index (χ4n) is 2.43. The highest BCUT2D eigenvalue weighted by Crippen LogP contribution is 2.43. The van der Waals surface area contributed by atoms with Crippen LogP contribution < -0.4 is 10.6 Å². The van der Waals surface area contributed by atoms with Gasteiger partial charge in [0.15, 0.2) is 5.78 Å². The first kappa shape index (κ1) is 22.3. The first-order chi connectivity index (χ1) is 13.3. The molecule has 0 aliphatic carbocycles. The van der Waals surface area contributed by atoms with Crippen LogP contribution in [0.2, 0.25) is 0 Å². The molecule has 4 nitrogen and oxygen atoms in total. The van der Waals surface area contributed by atoms with Crippen LogP contribution in [0.5, 0.6) is 0 Å². The van der Waals surface area contributed by atoms with E-state index < -0.39 is 35.4 Å². The zero-order valence-electron chi connectivity index (χ0n) is 15.2. The third-order valence-corrected chi connectivity index (χ3v) is 4.09. The van der Waals surface area contributed by atoms with Crippen molar-refractivity contribution in [1.29, 1.82) is 0 Å². The fourth-order valence-corrected chi connectivity index (χ4v) is 2.43. The Hall–Kier alpha value is -3.04. The van der Waals surface area contributed by atoms with Gasteiger partial charge in [-0.2, -0.15) is 26.3 Å². The summed E-state index contributed by atoms with van der Waals surface area (Å²) in [6, 6.07) is 8.92. The van der Waals surface area contributed by atoms with Crippen LogP contribution in [0.15, 0.2) is 48.5 Å². The maximum Gasteiger partial charge on any atom is 0.439 e. The molecule has 0 unspecified atom stereocenters. The van der Waals surface area contributed by atoms with Crippen LogP contribution in [0, 0.1) is 6.92 Å². The largest absolute Gasteiger partial charge is 0.439 e. The maximum atomic E-state index is 13.7. The van der Waals surface area contributed by atoms with E-state index in [9.17, 15) is 35.9 Å². The molecule has 1 amide bonds. The molecule has 0 atom stereocenters.